The van der Waals surface area contributed by atoms with Crippen molar-refractivity contribution >= 4 is 46.7 Å². The van der Waals surface area contributed by atoms with Gasteiger partial charge in [-0.15, -0.1) is 11.8 Å². The molecule has 6 heteroatoms. The second kappa shape index (κ2) is 7.67. The van der Waals surface area contributed by atoms with Gasteiger partial charge in [0.25, 0.3) is 0 Å². The van der Waals surface area contributed by atoms with Gasteiger partial charge in [-0.25, -0.2) is 0 Å². The largest absolute Gasteiger partial charge is 0.466 e. The van der Waals surface area contributed by atoms with E-state index < -0.39 is 5.97 Å². The Kier molecular flexibility index (Phi) is 6.54. The minimum absolute atomic E-state index is 0.186. The third-order valence-corrected chi connectivity index (χ3v) is 3.35. The Bertz CT molecular complexity index is 429. The van der Waals surface area contributed by atoms with Crippen LogP contribution in [0.5, 0.6) is 0 Å². The first-order chi connectivity index (χ1) is 8.51. The number of hydrogen-bond donors (Lipinski definition) is 0. The molecule has 0 aliphatic carbocycles. The number of benzene rings is 1. The number of ketones is 1. The summed E-state index contributed by atoms with van der Waals surface area (Å²) in [5.74, 6) is -0.489. The number of thioether (sulfide) groups is 1. The summed E-state index contributed by atoms with van der Waals surface area (Å²) in [5, 5.41) is 1.03. The average Bonchev–Trinajstić information content (AvgIpc) is 2.25. The third kappa shape index (κ3) is 5.76. The molecule has 3 nitrogen and oxygen atoms in total. The monoisotopic (exact) mass is 306 g/mol. The molecule has 98 valence electrons. The van der Waals surface area contributed by atoms with Gasteiger partial charge in [0, 0.05) is 14.9 Å². The summed E-state index contributed by atoms with van der Waals surface area (Å²) in [6.07, 6.45) is -0.199. The van der Waals surface area contributed by atoms with Crippen LogP contribution in [0.1, 0.15) is 13.3 Å². The lowest BCUT2D eigenvalue weighted by Gasteiger charge is -2.03. The normalized spacial score (nSPS) is 10.2. The molecule has 0 unspecified atom stereocenters. The van der Waals surface area contributed by atoms with Crippen LogP contribution in [-0.2, 0) is 14.3 Å². The van der Waals surface area contributed by atoms with E-state index in [2.05, 4.69) is 0 Å². The summed E-state index contributed by atoms with van der Waals surface area (Å²) in [5.41, 5.74) is 0. The van der Waals surface area contributed by atoms with Gasteiger partial charge in [-0.1, -0.05) is 23.2 Å². The van der Waals surface area contributed by atoms with Crippen molar-refractivity contribution in [3.05, 3.63) is 28.2 Å². The summed E-state index contributed by atoms with van der Waals surface area (Å²) in [6, 6.07) is 5.05. The van der Waals surface area contributed by atoms with Gasteiger partial charge >= 0.3 is 5.97 Å². The molecule has 1 aromatic rings. The molecular formula is C12H12Cl2O3S. The van der Waals surface area contributed by atoms with E-state index in [1.165, 1.54) is 11.8 Å². The molecule has 18 heavy (non-hydrogen) atoms. The van der Waals surface area contributed by atoms with Crippen molar-refractivity contribution < 1.29 is 14.3 Å². The first-order valence-electron chi connectivity index (χ1n) is 5.27. The van der Waals surface area contributed by atoms with Crippen LogP contribution in [-0.4, -0.2) is 24.1 Å². The van der Waals surface area contributed by atoms with Crippen molar-refractivity contribution in [2.75, 3.05) is 12.4 Å². The van der Waals surface area contributed by atoms with Crippen LogP contribution in [0.25, 0.3) is 0 Å². The Labute approximate surface area is 120 Å². The lowest BCUT2D eigenvalue weighted by atomic mass is 10.3. The number of ether oxygens (including phenoxy) is 1. The predicted molar refractivity (Wildman–Crippen MR) is 73.4 cm³/mol. The molecule has 1 rings (SSSR count). The quantitative estimate of drug-likeness (QED) is 0.457. The highest BCUT2D eigenvalue weighted by Gasteiger charge is 2.11. The Morgan fingerprint density at radius 2 is 1.83 bits per heavy atom. The van der Waals surface area contributed by atoms with E-state index in [9.17, 15) is 9.59 Å². The minimum atomic E-state index is -0.493. The number of carbonyl (C=O) groups excluding carboxylic acids is 2. The van der Waals surface area contributed by atoms with E-state index in [4.69, 9.17) is 27.9 Å². The van der Waals surface area contributed by atoms with E-state index in [-0.39, 0.29) is 24.6 Å². The highest BCUT2D eigenvalue weighted by molar-refractivity contribution is 8.00. The summed E-state index contributed by atoms with van der Waals surface area (Å²) >= 11 is 13.0. The van der Waals surface area contributed by atoms with Gasteiger partial charge in [-0.2, -0.15) is 0 Å². The van der Waals surface area contributed by atoms with Crippen molar-refractivity contribution in [3.63, 3.8) is 0 Å². The van der Waals surface area contributed by atoms with E-state index in [1.54, 1.807) is 25.1 Å². The maximum atomic E-state index is 11.5. The lowest BCUT2D eigenvalue weighted by Crippen LogP contribution is -2.12. The molecule has 0 amide bonds. The van der Waals surface area contributed by atoms with E-state index in [1.807, 2.05) is 0 Å². The molecule has 0 fully saturated rings. The van der Waals surface area contributed by atoms with Crippen molar-refractivity contribution in [1.82, 2.24) is 0 Å². The zero-order chi connectivity index (χ0) is 13.5. The summed E-state index contributed by atoms with van der Waals surface area (Å²) in [4.78, 5) is 23.4. The number of Topliss-reactive ketones (excluding diaryl/α,β-unsaturated/α-hetero) is 1. The van der Waals surface area contributed by atoms with Crippen LogP contribution in [0, 0.1) is 0 Å². The van der Waals surface area contributed by atoms with Crippen LogP contribution in [0.4, 0.5) is 0 Å². The highest BCUT2D eigenvalue weighted by Crippen LogP contribution is 2.26. The standard InChI is InChI=1S/C12H12Cl2O3S/c1-2-17-12(16)6-10(15)7-18-11-4-8(13)3-9(14)5-11/h3-5H,2,6-7H2,1H3. The van der Waals surface area contributed by atoms with E-state index >= 15 is 0 Å². The number of hydrogen-bond acceptors (Lipinski definition) is 4. The first-order valence-corrected chi connectivity index (χ1v) is 7.01. The molecule has 0 atom stereocenters. The number of halogens is 2. The fourth-order valence-corrected chi connectivity index (χ4v) is 2.71. The summed E-state index contributed by atoms with van der Waals surface area (Å²) in [7, 11) is 0. The summed E-state index contributed by atoms with van der Waals surface area (Å²) < 4.78 is 4.69. The molecule has 0 N–H and O–H groups in total. The Balaban J connectivity index is 2.45. The smallest absolute Gasteiger partial charge is 0.313 e. The molecule has 1 aromatic carbocycles. The highest BCUT2D eigenvalue weighted by atomic mass is 35.5. The Hall–Kier alpha value is -0.710. The number of carbonyl (C=O) groups is 2. The van der Waals surface area contributed by atoms with Crippen molar-refractivity contribution in [3.8, 4) is 0 Å². The van der Waals surface area contributed by atoms with Crippen LogP contribution in [0.3, 0.4) is 0 Å². The van der Waals surface area contributed by atoms with Crippen molar-refractivity contribution in [2.24, 2.45) is 0 Å². The van der Waals surface area contributed by atoms with E-state index in [0.29, 0.717) is 10.0 Å². The first kappa shape index (κ1) is 15.3. The third-order valence-electron chi connectivity index (χ3n) is 1.88. The maximum Gasteiger partial charge on any atom is 0.313 e. The van der Waals surface area contributed by atoms with Crippen LogP contribution >= 0.6 is 35.0 Å². The lowest BCUT2D eigenvalue weighted by molar-refractivity contribution is -0.145. The molecular weight excluding hydrogens is 295 g/mol. The molecule has 0 saturated heterocycles. The average molecular weight is 307 g/mol. The second-order valence-corrected chi connectivity index (χ2v) is 5.34. The minimum Gasteiger partial charge on any atom is -0.466 e. The zero-order valence-corrected chi connectivity index (χ0v) is 12.1. The molecule has 0 aliphatic heterocycles. The molecule has 0 aromatic heterocycles. The maximum absolute atomic E-state index is 11.5. The molecule has 0 radical (unpaired) electrons. The van der Waals surface area contributed by atoms with Gasteiger partial charge in [0.05, 0.1) is 12.4 Å². The van der Waals surface area contributed by atoms with Crippen LogP contribution in [0.2, 0.25) is 10.0 Å². The Morgan fingerprint density at radius 1 is 1.22 bits per heavy atom. The molecule has 0 bridgehead atoms. The van der Waals surface area contributed by atoms with Crippen molar-refractivity contribution in [2.45, 2.75) is 18.2 Å². The van der Waals surface area contributed by atoms with Crippen LogP contribution in [0.15, 0.2) is 23.1 Å². The SMILES string of the molecule is CCOC(=O)CC(=O)CSc1cc(Cl)cc(Cl)c1. The second-order valence-electron chi connectivity index (χ2n) is 3.41. The van der Waals surface area contributed by atoms with Gasteiger partial charge in [-0.3, -0.25) is 9.59 Å². The van der Waals surface area contributed by atoms with Gasteiger partial charge in [0.15, 0.2) is 5.78 Å². The van der Waals surface area contributed by atoms with Gasteiger partial charge < -0.3 is 4.74 Å². The fourth-order valence-electron chi connectivity index (χ4n) is 1.20. The van der Waals surface area contributed by atoms with E-state index in [0.717, 1.165) is 4.90 Å². The molecule has 0 saturated carbocycles. The van der Waals surface area contributed by atoms with Crippen LogP contribution < -0.4 is 0 Å². The van der Waals surface area contributed by atoms with Gasteiger partial charge in [0.2, 0.25) is 0 Å². The molecule has 0 heterocycles. The van der Waals surface area contributed by atoms with Crippen molar-refractivity contribution in [1.29, 1.82) is 0 Å². The zero-order valence-electron chi connectivity index (χ0n) is 9.74. The number of rotatable bonds is 6. The summed E-state index contributed by atoms with van der Waals surface area (Å²) in [6.45, 7) is 1.98. The molecule has 0 aliphatic rings. The Morgan fingerprint density at radius 3 is 2.39 bits per heavy atom. The predicted octanol–water partition coefficient (Wildman–Crippen LogP) is 3.61. The fraction of sp³-hybridized carbons (Fsp3) is 0.333. The molecule has 0 spiro atoms. The number of esters is 1. The topological polar surface area (TPSA) is 43.4 Å². The van der Waals surface area contributed by atoms with Gasteiger partial charge in [-0.05, 0) is 25.1 Å². The van der Waals surface area contributed by atoms with Gasteiger partial charge in [0.1, 0.15) is 6.42 Å².